The molecular weight excluding hydrogens is 152 g/mol. The lowest BCUT2D eigenvalue weighted by Gasteiger charge is -2.18. The molecule has 0 aromatic rings. The summed E-state index contributed by atoms with van der Waals surface area (Å²) in [4.78, 5) is 13.2. The van der Waals surface area contributed by atoms with Crippen molar-refractivity contribution < 1.29 is 4.79 Å². The van der Waals surface area contributed by atoms with Crippen LogP contribution in [0.15, 0.2) is 0 Å². The topological polar surface area (TPSA) is 32.3 Å². The molecule has 0 saturated carbocycles. The van der Waals surface area contributed by atoms with Crippen molar-refractivity contribution in [2.45, 2.75) is 27.2 Å². The van der Waals surface area contributed by atoms with Crippen LogP contribution in [0, 0.1) is 0 Å². The van der Waals surface area contributed by atoms with Crippen molar-refractivity contribution in [1.29, 1.82) is 0 Å². The van der Waals surface area contributed by atoms with Gasteiger partial charge in [-0.3, -0.25) is 4.79 Å². The minimum atomic E-state index is 0.202. The molecule has 0 radical (unpaired) electrons. The third-order valence-corrected chi connectivity index (χ3v) is 1.82. The third kappa shape index (κ3) is 4.34. The van der Waals surface area contributed by atoms with E-state index >= 15 is 0 Å². The van der Waals surface area contributed by atoms with E-state index in [4.69, 9.17) is 0 Å². The highest BCUT2D eigenvalue weighted by atomic mass is 16.2. The lowest BCUT2D eigenvalue weighted by Crippen LogP contribution is -2.38. The number of likely N-dealkylation sites (N-methyl/N-ethyl adjacent to an activating group) is 1. The number of hydrogen-bond donors (Lipinski definition) is 1. The predicted molar refractivity (Wildman–Crippen MR) is 51.1 cm³/mol. The van der Waals surface area contributed by atoms with Crippen LogP contribution in [0.5, 0.6) is 0 Å². The first-order valence-electron chi connectivity index (χ1n) is 4.74. The van der Waals surface area contributed by atoms with Gasteiger partial charge in [-0.25, -0.2) is 0 Å². The molecule has 1 amide bonds. The van der Waals surface area contributed by atoms with Gasteiger partial charge in [-0.2, -0.15) is 0 Å². The summed E-state index contributed by atoms with van der Waals surface area (Å²) in [5.74, 6) is 0.202. The second-order valence-corrected chi connectivity index (χ2v) is 2.74. The molecular formula is C9H20N2O. The molecule has 0 aliphatic rings. The summed E-state index contributed by atoms with van der Waals surface area (Å²) in [5, 5.41) is 3.09. The molecule has 0 saturated heterocycles. The highest BCUT2D eigenvalue weighted by molar-refractivity contribution is 5.78. The number of hydrogen-bond acceptors (Lipinski definition) is 2. The van der Waals surface area contributed by atoms with Crippen molar-refractivity contribution in [1.82, 2.24) is 10.2 Å². The van der Waals surface area contributed by atoms with Gasteiger partial charge in [0.1, 0.15) is 0 Å². The van der Waals surface area contributed by atoms with E-state index in [0.29, 0.717) is 6.54 Å². The second kappa shape index (κ2) is 7.10. The third-order valence-electron chi connectivity index (χ3n) is 1.82. The molecule has 3 heteroatoms. The molecule has 0 rings (SSSR count). The van der Waals surface area contributed by atoms with Crippen LogP contribution in [-0.2, 0) is 4.79 Å². The Labute approximate surface area is 75.1 Å². The van der Waals surface area contributed by atoms with E-state index in [-0.39, 0.29) is 5.91 Å². The molecule has 3 nitrogen and oxygen atoms in total. The Balaban J connectivity index is 3.54. The fraction of sp³-hybridized carbons (Fsp3) is 0.889. The Morgan fingerprint density at radius 1 is 1.25 bits per heavy atom. The molecule has 0 spiro atoms. The molecule has 0 aromatic heterocycles. The van der Waals surface area contributed by atoms with Crippen molar-refractivity contribution >= 4 is 5.91 Å². The van der Waals surface area contributed by atoms with Crippen LogP contribution in [-0.4, -0.2) is 37.0 Å². The summed E-state index contributed by atoms with van der Waals surface area (Å²) >= 11 is 0. The monoisotopic (exact) mass is 172 g/mol. The second-order valence-electron chi connectivity index (χ2n) is 2.74. The molecule has 0 aliphatic carbocycles. The van der Waals surface area contributed by atoms with Crippen LogP contribution in [0.1, 0.15) is 27.2 Å². The molecule has 0 aliphatic heterocycles. The van der Waals surface area contributed by atoms with Crippen LogP contribution in [0.25, 0.3) is 0 Å². The van der Waals surface area contributed by atoms with Gasteiger partial charge >= 0.3 is 0 Å². The molecule has 72 valence electrons. The van der Waals surface area contributed by atoms with Gasteiger partial charge in [-0.1, -0.05) is 6.92 Å². The van der Waals surface area contributed by atoms with Gasteiger partial charge in [0, 0.05) is 13.1 Å². The van der Waals surface area contributed by atoms with Crippen molar-refractivity contribution in [3.8, 4) is 0 Å². The Bertz CT molecular complexity index is 122. The number of carbonyl (C=O) groups is 1. The van der Waals surface area contributed by atoms with E-state index in [1.54, 1.807) is 0 Å². The molecule has 1 N–H and O–H groups in total. The minimum Gasteiger partial charge on any atom is -0.342 e. The average Bonchev–Trinajstić information content (AvgIpc) is 2.07. The van der Waals surface area contributed by atoms with Crippen LogP contribution in [0.2, 0.25) is 0 Å². The normalized spacial score (nSPS) is 9.92. The SMILES string of the molecule is CCCNCC(=O)N(CC)CC. The van der Waals surface area contributed by atoms with Gasteiger partial charge in [0.15, 0.2) is 0 Å². The number of nitrogens with zero attached hydrogens (tertiary/aromatic N) is 1. The lowest BCUT2D eigenvalue weighted by atomic mass is 10.4. The van der Waals surface area contributed by atoms with Crippen LogP contribution in [0.4, 0.5) is 0 Å². The quantitative estimate of drug-likeness (QED) is 0.603. The molecule has 0 heterocycles. The molecule has 12 heavy (non-hydrogen) atoms. The zero-order valence-electron chi connectivity index (χ0n) is 8.39. The standard InChI is InChI=1S/C9H20N2O/c1-4-7-10-8-9(12)11(5-2)6-3/h10H,4-8H2,1-3H3. The minimum absolute atomic E-state index is 0.202. The molecule has 0 fully saturated rings. The van der Waals surface area contributed by atoms with Crippen molar-refractivity contribution in [3.63, 3.8) is 0 Å². The van der Waals surface area contributed by atoms with Crippen LogP contribution >= 0.6 is 0 Å². The summed E-state index contributed by atoms with van der Waals surface area (Å²) in [5.41, 5.74) is 0. The largest absolute Gasteiger partial charge is 0.342 e. The zero-order chi connectivity index (χ0) is 9.40. The van der Waals surface area contributed by atoms with Gasteiger partial charge in [-0.05, 0) is 26.8 Å². The maximum Gasteiger partial charge on any atom is 0.236 e. The fourth-order valence-corrected chi connectivity index (χ4v) is 1.06. The zero-order valence-corrected chi connectivity index (χ0v) is 8.39. The summed E-state index contributed by atoms with van der Waals surface area (Å²) in [6.45, 7) is 9.12. The fourth-order valence-electron chi connectivity index (χ4n) is 1.06. The maximum absolute atomic E-state index is 11.3. The summed E-state index contributed by atoms with van der Waals surface area (Å²) in [6.07, 6.45) is 1.07. The summed E-state index contributed by atoms with van der Waals surface area (Å²) in [7, 11) is 0. The van der Waals surface area contributed by atoms with Gasteiger partial charge in [-0.15, -0.1) is 0 Å². The van der Waals surface area contributed by atoms with Gasteiger partial charge < -0.3 is 10.2 Å². The molecule has 0 atom stereocenters. The Hall–Kier alpha value is -0.570. The van der Waals surface area contributed by atoms with E-state index in [9.17, 15) is 4.79 Å². The number of carbonyl (C=O) groups excluding carboxylic acids is 1. The van der Waals surface area contributed by atoms with Crippen LogP contribution in [0.3, 0.4) is 0 Å². The molecule has 0 bridgehead atoms. The Morgan fingerprint density at radius 3 is 2.25 bits per heavy atom. The first-order valence-corrected chi connectivity index (χ1v) is 4.74. The van der Waals surface area contributed by atoms with E-state index in [1.807, 2.05) is 18.7 Å². The van der Waals surface area contributed by atoms with Gasteiger partial charge in [0.05, 0.1) is 6.54 Å². The van der Waals surface area contributed by atoms with E-state index < -0.39 is 0 Å². The first-order chi connectivity index (χ1) is 5.76. The van der Waals surface area contributed by atoms with E-state index in [2.05, 4.69) is 12.2 Å². The number of rotatable bonds is 6. The predicted octanol–water partition coefficient (Wildman–Crippen LogP) is 0.854. The van der Waals surface area contributed by atoms with Crippen molar-refractivity contribution in [3.05, 3.63) is 0 Å². The van der Waals surface area contributed by atoms with Gasteiger partial charge in [0.2, 0.25) is 5.91 Å². The van der Waals surface area contributed by atoms with Crippen molar-refractivity contribution in [2.75, 3.05) is 26.2 Å². The highest BCUT2D eigenvalue weighted by Crippen LogP contribution is 1.86. The summed E-state index contributed by atoms with van der Waals surface area (Å²) in [6, 6.07) is 0. The lowest BCUT2D eigenvalue weighted by molar-refractivity contribution is -0.129. The molecule has 0 aromatic carbocycles. The molecule has 0 unspecified atom stereocenters. The smallest absolute Gasteiger partial charge is 0.236 e. The van der Waals surface area contributed by atoms with Crippen LogP contribution < -0.4 is 5.32 Å². The van der Waals surface area contributed by atoms with Crippen molar-refractivity contribution in [2.24, 2.45) is 0 Å². The Kier molecular flexibility index (Phi) is 6.76. The van der Waals surface area contributed by atoms with E-state index in [0.717, 1.165) is 26.1 Å². The number of nitrogens with one attached hydrogen (secondary N) is 1. The van der Waals surface area contributed by atoms with Gasteiger partial charge in [0.25, 0.3) is 0 Å². The van der Waals surface area contributed by atoms with E-state index in [1.165, 1.54) is 0 Å². The summed E-state index contributed by atoms with van der Waals surface area (Å²) < 4.78 is 0. The number of amides is 1. The first kappa shape index (κ1) is 11.4. The maximum atomic E-state index is 11.3. The average molecular weight is 172 g/mol. The highest BCUT2D eigenvalue weighted by Gasteiger charge is 2.07. The Morgan fingerprint density at radius 2 is 1.83 bits per heavy atom.